The molecule has 1 aliphatic carbocycles. The van der Waals surface area contributed by atoms with Gasteiger partial charge in [0.15, 0.2) is 0 Å². The smallest absolute Gasteiger partial charge is 0.315 e. The number of fused-ring (bicyclic) bond motifs is 1. The monoisotopic (exact) mass is 262 g/mol. The average Bonchev–Trinajstić information content (AvgIpc) is 2.37. The first-order valence-electron chi connectivity index (χ1n) is 6.93. The van der Waals surface area contributed by atoms with Crippen LogP contribution < -0.4 is 10.6 Å². The van der Waals surface area contributed by atoms with E-state index < -0.39 is 0 Å². The van der Waals surface area contributed by atoms with Crippen LogP contribution in [0.15, 0.2) is 24.3 Å². The number of hydrogen-bond acceptors (Lipinski definition) is 2. The second kappa shape index (κ2) is 6.57. The highest BCUT2D eigenvalue weighted by molar-refractivity contribution is 5.74. The van der Waals surface area contributed by atoms with Gasteiger partial charge in [-0.1, -0.05) is 24.3 Å². The van der Waals surface area contributed by atoms with Crippen molar-refractivity contribution in [3.63, 3.8) is 0 Å². The summed E-state index contributed by atoms with van der Waals surface area (Å²) in [5, 5.41) is 14.5. The minimum Gasteiger partial charge on any atom is -0.396 e. The van der Waals surface area contributed by atoms with E-state index in [0.29, 0.717) is 12.5 Å². The Kier molecular flexibility index (Phi) is 4.80. The first-order valence-corrected chi connectivity index (χ1v) is 6.93. The molecule has 1 aromatic rings. The Morgan fingerprint density at radius 2 is 2.26 bits per heavy atom. The minimum atomic E-state index is -0.116. The number of benzene rings is 1. The number of amides is 2. The number of aliphatic hydroxyl groups is 1. The molecule has 0 spiro atoms. The topological polar surface area (TPSA) is 61.4 Å². The molecule has 104 valence electrons. The zero-order valence-corrected chi connectivity index (χ0v) is 11.4. The molecular weight excluding hydrogens is 240 g/mol. The lowest BCUT2D eigenvalue weighted by Gasteiger charge is -2.30. The zero-order valence-electron chi connectivity index (χ0n) is 11.4. The van der Waals surface area contributed by atoms with Crippen LogP contribution in [0.2, 0.25) is 0 Å². The van der Waals surface area contributed by atoms with Crippen molar-refractivity contribution in [2.24, 2.45) is 0 Å². The molecule has 1 aliphatic rings. The molecule has 4 heteroatoms. The second-order valence-electron chi connectivity index (χ2n) is 5.22. The molecule has 2 amide bonds. The van der Waals surface area contributed by atoms with E-state index in [1.807, 2.05) is 13.0 Å². The summed E-state index contributed by atoms with van der Waals surface area (Å²) < 4.78 is 0. The Morgan fingerprint density at radius 1 is 1.47 bits per heavy atom. The maximum absolute atomic E-state index is 11.7. The van der Waals surface area contributed by atoms with Crippen LogP contribution in [0.4, 0.5) is 4.79 Å². The third-order valence-corrected chi connectivity index (χ3v) is 3.64. The summed E-state index contributed by atoms with van der Waals surface area (Å²) in [7, 11) is 0. The standard InChI is InChI=1S/C15H22N2O2/c1-11(5-4-8-18)17-15(19)16-10-13-9-12-6-2-3-7-14(12)13/h2-3,6-7,11,13,18H,4-5,8-10H2,1H3,(H2,16,17,19). The molecule has 0 aromatic heterocycles. The Hall–Kier alpha value is -1.55. The van der Waals surface area contributed by atoms with Crippen LogP contribution >= 0.6 is 0 Å². The fourth-order valence-electron chi connectivity index (χ4n) is 2.51. The molecule has 0 saturated heterocycles. The van der Waals surface area contributed by atoms with Crippen LogP contribution in [-0.2, 0) is 6.42 Å². The lowest BCUT2D eigenvalue weighted by molar-refractivity contribution is 0.233. The van der Waals surface area contributed by atoms with Crippen molar-refractivity contribution in [1.29, 1.82) is 0 Å². The largest absolute Gasteiger partial charge is 0.396 e. The Balaban J connectivity index is 1.68. The van der Waals surface area contributed by atoms with Crippen molar-refractivity contribution in [1.82, 2.24) is 10.6 Å². The highest BCUT2D eigenvalue weighted by Crippen LogP contribution is 2.33. The first-order chi connectivity index (χ1) is 9.20. The maximum Gasteiger partial charge on any atom is 0.315 e. The van der Waals surface area contributed by atoms with E-state index in [-0.39, 0.29) is 18.7 Å². The number of rotatable bonds is 6. The van der Waals surface area contributed by atoms with Crippen molar-refractivity contribution in [2.45, 2.75) is 38.1 Å². The quantitative estimate of drug-likeness (QED) is 0.732. The molecule has 0 fully saturated rings. The number of carbonyl (C=O) groups excluding carboxylic acids is 1. The molecule has 0 aliphatic heterocycles. The van der Waals surface area contributed by atoms with Gasteiger partial charge in [-0.3, -0.25) is 0 Å². The maximum atomic E-state index is 11.7. The molecule has 2 unspecified atom stereocenters. The van der Waals surface area contributed by atoms with E-state index in [1.54, 1.807) is 0 Å². The van der Waals surface area contributed by atoms with Crippen molar-refractivity contribution in [3.8, 4) is 0 Å². The highest BCUT2D eigenvalue weighted by Gasteiger charge is 2.25. The number of hydrogen-bond donors (Lipinski definition) is 3. The van der Waals surface area contributed by atoms with Crippen LogP contribution in [0, 0.1) is 0 Å². The second-order valence-corrected chi connectivity index (χ2v) is 5.22. The molecule has 19 heavy (non-hydrogen) atoms. The molecule has 0 radical (unpaired) electrons. The van der Waals surface area contributed by atoms with E-state index in [9.17, 15) is 4.79 Å². The van der Waals surface area contributed by atoms with Gasteiger partial charge < -0.3 is 15.7 Å². The van der Waals surface area contributed by atoms with Crippen LogP contribution in [0.1, 0.15) is 36.8 Å². The Labute approximate surface area is 114 Å². The summed E-state index contributed by atoms with van der Waals surface area (Å²) >= 11 is 0. The fourth-order valence-corrected chi connectivity index (χ4v) is 2.51. The minimum absolute atomic E-state index is 0.0980. The lowest BCUT2D eigenvalue weighted by atomic mass is 9.78. The van der Waals surface area contributed by atoms with E-state index in [4.69, 9.17) is 5.11 Å². The van der Waals surface area contributed by atoms with Gasteiger partial charge in [-0.15, -0.1) is 0 Å². The molecule has 4 nitrogen and oxygen atoms in total. The number of carbonyl (C=O) groups is 1. The van der Waals surface area contributed by atoms with E-state index >= 15 is 0 Å². The van der Waals surface area contributed by atoms with Crippen molar-refractivity contribution in [2.75, 3.05) is 13.2 Å². The lowest BCUT2D eigenvalue weighted by Crippen LogP contribution is -2.43. The van der Waals surface area contributed by atoms with Crippen molar-refractivity contribution in [3.05, 3.63) is 35.4 Å². The van der Waals surface area contributed by atoms with Gasteiger partial charge in [-0.05, 0) is 37.3 Å². The van der Waals surface area contributed by atoms with E-state index in [2.05, 4.69) is 28.8 Å². The molecule has 2 rings (SSSR count). The van der Waals surface area contributed by atoms with Crippen LogP contribution in [-0.4, -0.2) is 30.3 Å². The highest BCUT2D eigenvalue weighted by atomic mass is 16.3. The van der Waals surface area contributed by atoms with Gasteiger partial charge in [0.2, 0.25) is 0 Å². The van der Waals surface area contributed by atoms with Gasteiger partial charge in [0.25, 0.3) is 0 Å². The number of aliphatic hydroxyl groups excluding tert-OH is 1. The molecule has 3 N–H and O–H groups in total. The fraction of sp³-hybridized carbons (Fsp3) is 0.533. The van der Waals surface area contributed by atoms with Crippen LogP contribution in [0.5, 0.6) is 0 Å². The SMILES string of the molecule is CC(CCCO)NC(=O)NCC1Cc2ccccc21. The van der Waals surface area contributed by atoms with Gasteiger partial charge >= 0.3 is 6.03 Å². The van der Waals surface area contributed by atoms with E-state index in [1.165, 1.54) is 11.1 Å². The van der Waals surface area contributed by atoms with Crippen molar-refractivity contribution >= 4 is 6.03 Å². The van der Waals surface area contributed by atoms with Crippen LogP contribution in [0.3, 0.4) is 0 Å². The van der Waals surface area contributed by atoms with Crippen molar-refractivity contribution < 1.29 is 9.90 Å². The summed E-state index contributed by atoms with van der Waals surface area (Å²) in [6.45, 7) is 2.82. The van der Waals surface area contributed by atoms with Gasteiger partial charge in [0.1, 0.15) is 0 Å². The predicted molar refractivity (Wildman–Crippen MR) is 75.2 cm³/mol. The summed E-state index contributed by atoms with van der Waals surface area (Å²) in [6, 6.07) is 8.35. The van der Waals surface area contributed by atoms with Crippen LogP contribution in [0.25, 0.3) is 0 Å². The summed E-state index contributed by atoms with van der Waals surface area (Å²) in [5.41, 5.74) is 2.75. The van der Waals surface area contributed by atoms with Gasteiger partial charge in [0, 0.05) is 25.1 Å². The average molecular weight is 262 g/mol. The third-order valence-electron chi connectivity index (χ3n) is 3.64. The predicted octanol–water partition coefficient (Wildman–Crippen LogP) is 1.79. The number of urea groups is 1. The molecule has 1 aromatic carbocycles. The zero-order chi connectivity index (χ0) is 13.7. The third kappa shape index (κ3) is 3.70. The van der Waals surface area contributed by atoms with Gasteiger partial charge in [0.05, 0.1) is 0 Å². The molecule has 0 bridgehead atoms. The summed E-state index contributed by atoms with van der Waals surface area (Å²) in [6.07, 6.45) is 2.57. The Morgan fingerprint density at radius 3 is 3.00 bits per heavy atom. The summed E-state index contributed by atoms with van der Waals surface area (Å²) in [5.74, 6) is 0.453. The number of nitrogens with one attached hydrogen (secondary N) is 2. The van der Waals surface area contributed by atoms with Gasteiger partial charge in [-0.25, -0.2) is 4.79 Å². The molecule has 0 saturated carbocycles. The van der Waals surface area contributed by atoms with E-state index in [0.717, 1.165) is 19.3 Å². The Bertz CT molecular complexity index is 434. The normalized spacial score (nSPS) is 18.1. The molecule has 2 atom stereocenters. The molecular formula is C15H22N2O2. The van der Waals surface area contributed by atoms with Gasteiger partial charge in [-0.2, -0.15) is 0 Å². The summed E-state index contributed by atoms with van der Waals surface area (Å²) in [4.78, 5) is 11.7. The molecule has 0 heterocycles. The first kappa shape index (κ1) is 13.9.